The molecule has 1 aromatic carbocycles. The molecule has 0 aliphatic carbocycles. The number of aliphatic carboxylic acids is 1. The van der Waals surface area contributed by atoms with Crippen LogP contribution in [0.2, 0.25) is 0 Å². The van der Waals surface area contributed by atoms with Crippen LogP contribution in [0.3, 0.4) is 0 Å². The van der Waals surface area contributed by atoms with Crippen molar-refractivity contribution in [1.82, 2.24) is 5.32 Å². The number of unbranched alkanes of at least 4 members (excludes halogenated alkanes) is 1. The number of hydrogen-bond donors (Lipinski definition) is 2. The fraction of sp³-hybridized carbons (Fsp3) is 0.533. The molecule has 0 amide bonds. The first-order chi connectivity index (χ1) is 9.70. The number of carboxylic acids is 1. The van der Waals surface area contributed by atoms with Gasteiger partial charge in [-0.3, -0.25) is 4.79 Å². The lowest BCUT2D eigenvalue weighted by Gasteiger charge is -2.19. The van der Waals surface area contributed by atoms with Crippen LogP contribution >= 0.6 is 0 Å². The molecule has 2 rings (SSSR count). The van der Waals surface area contributed by atoms with E-state index < -0.39 is 12.0 Å². The van der Waals surface area contributed by atoms with Crippen LogP contribution in [0.25, 0.3) is 0 Å². The Bertz CT molecular complexity index is 461. The Morgan fingerprint density at radius 2 is 2.10 bits per heavy atom. The fourth-order valence-corrected chi connectivity index (χ4v) is 2.16. The zero-order valence-corrected chi connectivity index (χ0v) is 11.7. The van der Waals surface area contributed by atoms with E-state index in [2.05, 4.69) is 12.2 Å². The minimum atomic E-state index is -0.795. The normalized spacial score (nSPS) is 14.8. The van der Waals surface area contributed by atoms with Crippen molar-refractivity contribution in [3.63, 3.8) is 0 Å². The van der Waals surface area contributed by atoms with Gasteiger partial charge in [0.05, 0.1) is 0 Å². The van der Waals surface area contributed by atoms with Crippen molar-refractivity contribution in [3.05, 3.63) is 23.8 Å². The van der Waals surface area contributed by atoms with Crippen LogP contribution in [0.15, 0.2) is 18.2 Å². The van der Waals surface area contributed by atoms with Gasteiger partial charge in [0.2, 0.25) is 0 Å². The predicted octanol–water partition coefficient (Wildman–Crippen LogP) is 2.19. The molecule has 5 nitrogen and oxygen atoms in total. The Morgan fingerprint density at radius 1 is 1.35 bits per heavy atom. The molecule has 0 bridgehead atoms. The molecule has 0 radical (unpaired) electrons. The van der Waals surface area contributed by atoms with Gasteiger partial charge in [-0.05, 0) is 24.1 Å². The second-order valence-corrected chi connectivity index (χ2v) is 4.89. The SMILES string of the molecule is CCCC[C@H](NCc1ccc2c(c1)OCCO2)C(=O)O. The summed E-state index contributed by atoms with van der Waals surface area (Å²) in [4.78, 5) is 11.2. The number of carbonyl (C=O) groups is 1. The highest BCUT2D eigenvalue weighted by Gasteiger charge is 2.17. The van der Waals surface area contributed by atoms with Gasteiger partial charge in [0, 0.05) is 6.54 Å². The van der Waals surface area contributed by atoms with Gasteiger partial charge in [-0.25, -0.2) is 0 Å². The Hall–Kier alpha value is -1.75. The van der Waals surface area contributed by atoms with Gasteiger partial charge in [-0.1, -0.05) is 25.8 Å². The van der Waals surface area contributed by atoms with Gasteiger partial charge in [-0.15, -0.1) is 0 Å². The molecule has 20 heavy (non-hydrogen) atoms. The van der Waals surface area contributed by atoms with Gasteiger partial charge in [0.15, 0.2) is 11.5 Å². The molecule has 1 aliphatic rings. The lowest BCUT2D eigenvalue weighted by atomic mass is 10.1. The molecule has 0 unspecified atom stereocenters. The van der Waals surface area contributed by atoms with E-state index in [1.54, 1.807) is 0 Å². The number of ether oxygens (including phenoxy) is 2. The number of hydrogen-bond acceptors (Lipinski definition) is 4. The Morgan fingerprint density at radius 3 is 2.80 bits per heavy atom. The van der Waals surface area contributed by atoms with E-state index in [0.29, 0.717) is 26.2 Å². The molecular formula is C15H21NO4. The monoisotopic (exact) mass is 279 g/mol. The Labute approximate surface area is 118 Å². The smallest absolute Gasteiger partial charge is 0.320 e. The summed E-state index contributed by atoms with van der Waals surface area (Å²) in [7, 11) is 0. The maximum atomic E-state index is 11.2. The van der Waals surface area contributed by atoms with Crippen molar-refractivity contribution in [2.75, 3.05) is 13.2 Å². The number of rotatable bonds is 7. The van der Waals surface area contributed by atoms with Gasteiger partial charge < -0.3 is 19.9 Å². The van der Waals surface area contributed by atoms with E-state index in [1.807, 2.05) is 18.2 Å². The summed E-state index contributed by atoms with van der Waals surface area (Å²) in [6.45, 7) is 3.69. The molecular weight excluding hydrogens is 258 g/mol. The third-order valence-corrected chi connectivity index (χ3v) is 3.30. The average molecular weight is 279 g/mol. The molecule has 0 saturated heterocycles. The van der Waals surface area contributed by atoms with E-state index in [1.165, 1.54) is 0 Å². The molecule has 110 valence electrons. The van der Waals surface area contributed by atoms with Crippen molar-refractivity contribution in [2.24, 2.45) is 0 Å². The van der Waals surface area contributed by atoms with E-state index in [0.717, 1.165) is 29.9 Å². The fourth-order valence-electron chi connectivity index (χ4n) is 2.16. The number of carboxylic acid groups (broad SMARTS) is 1. The molecule has 1 heterocycles. The summed E-state index contributed by atoms with van der Waals surface area (Å²) in [5.74, 6) is 0.688. The first kappa shape index (κ1) is 14.7. The predicted molar refractivity (Wildman–Crippen MR) is 75.2 cm³/mol. The van der Waals surface area contributed by atoms with Crippen molar-refractivity contribution in [3.8, 4) is 11.5 Å². The minimum absolute atomic E-state index is 0.497. The molecule has 0 saturated carbocycles. The first-order valence-electron chi connectivity index (χ1n) is 7.05. The highest BCUT2D eigenvalue weighted by atomic mass is 16.6. The van der Waals surface area contributed by atoms with E-state index in [4.69, 9.17) is 14.6 Å². The third kappa shape index (κ3) is 3.87. The largest absolute Gasteiger partial charge is 0.486 e. The summed E-state index contributed by atoms with van der Waals surface area (Å²) in [5.41, 5.74) is 0.997. The van der Waals surface area contributed by atoms with Crippen molar-refractivity contribution < 1.29 is 19.4 Å². The van der Waals surface area contributed by atoms with E-state index in [9.17, 15) is 4.79 Å². The molecule has 2 N–H and O–H groups in total. The van der Waals surface area contributed by atoms with Crippen molar-refractivity contribution >= 4 is 5.97 Å². The van der Waals surface area contributed by atoms with Crippen LogP contribution in [0.1, 0.15) is 31.7 Å². The molecule has 1 atom stereocenters. The lowest BCUT2D eigenvalue weighted by molar-refractivity contribution is -0.139. The van der Waals surface area contributed by atoms with Crippen molar-refractivity contribution in [1.29, 1.82) is 0 Å². The molecule has 1 aromatic rings. The zero-order chi connectivity index (χ0) is 14.4. The van der Waals surface area contributed by atoms with Gasteiger partial charge in [0.25, 0.3) is 0 Å². The standard InChI is InChI=1S/C15H21NO4/c1-2-3-4-12(15(17)18)16-10-11-5-6-13-14(9-11)20-8-7-19-13/h5-6,9,12,16H,2-4,7-8,10H2,1H3,(H,17,18)/t12-/m0/s1. The molecule has 5 heteroatoms. The molecule has 0 fully saturated rings. The van der Waals surface area contributed by atoms with Crippen LogP contribution in [0, 0.1) is 0 Å². The molecule has 1 aliphatic heterocycles. The second-order valence-electron chi connectivity index (χ2n) is 4.89. The van der Waals surface area contributed by atoms with E-state index >= 15 is 0 Å². The third-order valence-electron chi connectivity index (χ3n) is 3.30. The quantitative estimate of drug-likeness (QED) is 0.801. The summed E-state index contributed by atoms with van der Waals surface area (Å²) in [6.07, 6.45) is 2.55. The lowest BCUT2D eigenvalue weighted by Crippen LogP contribution is -2.36. The molecule has 0 aromatic heterocycles. The summed E-state index contributed by atoms with van der Waals surface area (Å²) in [5, 5.41) is 12.2. The summed E-state index contributed by atoms with van der Waals surface area (Å²) >= 11 is 0. The minimum Gasteiger partial charge on any atom is -0.486 e. The van der Waals surface area contributed by atoms with Crippen molar-refractivity contribution in [2.45, 2.75) is 38.8 Å². The van der Waals surface area contributed by atoms with E-state index in [-0.39, 0.29) is 0 Å². The van der Waals surface area contributed by atoms with Crippen LogP contribution in [0.5, 0.6) is 11.5 Å². The van der Waals surface area contributed by atoms with Crippen LogP contribution in [-0.4, -0.2) is 30.3 Å². The maximum Gasteiger partial charge on any atom is 0.320 e. The number of nitrogens with one attached hydrogen (secondary N) is 1. The Balaban J connectivity index is 1.93. The second kappa shape index (κ2) is 7.14. The van der Waals surface area contributed by atoms with Crippen LogP contribution in [0.4, 0.5) is 0 Å². The zero-order valence-electron chi connectivity index (χ0n) is 11.7. The first-order valence-corrected chi connectivity index (χ1v) is 7.05. The van der Waals surface area contributed by atoms with Crippen LogP contribution in [-0.2, 0) is 11.3 Å². The highest BCUT2D eigenvalue weighted by Crippen LogP contribution is 2.30. The maximum absolute atomic E-state index is 11.2. The highest BCUT2D eigenvalue weighted by molar-refractivity contribution is 5.73. The van der Waals surface area contributed by atoms with Gasteiger partial charge in [-0.2, -0.15) is 0 Å². The molecule has 0 spiro atoms. The summed E-state index contributed by atoms with van der Waals surface area (Å²) in [6, 6.07) is 5.20. The number of fused-ring (bicyclic) bond motifs is 1. The topological polar surface area (TPSA) is 67.8 Å². The average Bonchev–Trinajstić information content (AvgIpc) is 2.46. The van der Waals surface area contributed by atoms with Crippen LogP contribution < -0.4 is 14.8 Å². The number of benzene rings is 1. The Kier molecular flexibility index (Phi) is 5.24. The summed E-state index contributed by atoms with van der Waals surface area (Å²) < 4.78 is 11.0. The van der Waals surface area contributed by atoms with Gasteiger partial charge >= 0.3 is 5.97 Å². The van der Waals surface area contributed by atoms with Gasteiger partial charge in [0.1, 0.15) is 19.3 Å².